The Hall–Kier alpha value is -2.14. The maximum Gasteiger partial charge on any atom is 0.250 e. The van der Waals surface area contributed by atoms with Gasteiger partial charge in [-0.2, -0.15) is 4.98 Å². The van der Waals surface area contributed by atoms with Crippen molar-refractivity contribution in [3.63, 3.8) is 0 Å². The molecule has 5 nitrogen and oxygen atoms in total. The smallest absolute Gasteiger partial charge is 0.250 e. The first-order chi connectivity index (χ1) is 10.2. The van der Waals surface area contributed by atoms with Crippen LogP contribution in [-0.2, 0) is 4.74 Å². The number of nitrogens with zero attached hydrogens (tertiary/aromatic N) is 2. The minimum Gasteiger partial charge on any atom is -0.399 e. The van der Waals surface area contributed by atoms with E-state index in [2.05, 4.69) is 17.1 Å². The van der Waals surface area contributed by atoms with Crippen LogP contribution < -0.4 is 5.73 Å². The maximum absolute atomic E-state index is 5.74. The molecule has 0 saturated heterocycles. The summed E-state index contributed by atoms with van der Waals surface area (Å²) < 4.78 is 10.9. The van der Waals surface area contributed by atoms with Crippen molar-refractivity contribution < 1.29 is 9.26 Å². The summed E-state index contributed by atoms with van der Waals surface area (Å²) in [6.45, 7) is 4.70. The third kappa shape index (κ3) is 4.43. The highest BCUT2D eigenvalue weighted by molar-refractivity contribution is 5.67. The molecule has 0 amide bonds. The SMILES string of the molecule is CCCC(OCC)c1noc(/C=C/c2cccc(N)c2)n1. The second-order valence-electron chi connectivity index (χ2n) is 4.73. The van der Waals surface area contributed by atoms with Gasteiger partial charge in [0.1, 0.15) is 6.10 Å². The highest BCUT2D eigenvalue weighted by atomic mass is 16.5. The third-order valence-electron chi connectivity index (χ3n) is 2.99. The molecule has 2 N–H and O–H groups in total. The Balaban J connectivity index is 2.08. The van der Waals surface area contributed by atoms with E-state index >= 15 is 0 Å². The lowest BCUT2D eigenvalue weighted by Crippen LogP contribution is -2.05. The van der Waals surface area contributed by atoms with E-state index in [9.17, 15) is 0 Å². The van der Waals surface area contributed by atoms with E-state index in [1.54, 1.807) is 6.08 Å². The van der Waals surface area contributed by atoms with Crippen LogP contribution in [0.2, 0.25) is 0 Å². The molecule has 1 unspecified atom stereocenters. The van der Waals surface area contributed by atoms with E-state index in [-0.39, 0.29) is 6.10 Å². The molecule has 2 rings (SSSR count). The summed E-state index contributed by atoms with van der Waals surface area (Å²) in [7, 11) is 0. The Kier molecular flexibility index (Phi) is 5.51. The molecule has 1 atom stereocenters. The summed E-state index contributed by atoms with van der Waals surface area (Å²) in [6, 6.07) is 7.60. The average molecular weight is 287 g/mol. The fourth-order valence-electron chi connectivity index (χ4n) is 2.03. The van der Waals surface area contributed by atoms with Gasteiger partial charge in [-0.1, -0.05) is 30.6 Å². The normalized spacial score (nSPS) is 12.9. The molecule has 1 aromatic heterocycles. The van der Waals surface area contributed by atoms with Gasteiger partial charge in [-0.3, -0.25) is 0 Å². The molecular weight excluding hydrogens is 266 g/mol. The summed E-state index contributed by atoms with van der Waals surface area (Å²) in [5, 5.41) is 4.00. The molecule has 0 saturated carbocycles. The van der Waals surface area contributed by atoms with Crippen molar-refractivity contribution in [1.29, 1.82) is 0 Å². The van der Waals surface area contributed by atoms with Crippen LogP contribution in [0, 0.1) is 0 Å². The molecule has 21 heavy (non-hydrogen) atoms. The molecule has 0 radical (unpaired) electrons. The number of nitrogen functional groups attached to an aromatic ring is 1. The van der Waals surface area contributed by atoms with Crippen molar-refractivity contribution in [2.24, 2.45) is 0 Å². The predicted octanol–water partition coefficient (Wildman–Crippen LogP) is 3.70. The van der Waals surface area contributed by atoms with Gasteiger partial charge in [0.05, 0.1) is 0 Å². The standard InChI is InChI=1S/C16H21N3O2/c1-3-6-14(20-4-2)16-18-15(21-19-16)10-9-12-7-5-8-13(17)11-12/h5,7-11,14H,3-4,6,17H2,1-2H3/b10-9+. The summed E-state index contributed by atoms with van der Waals surface area (Å²) in [4.78, 5) is 4.36. The highest BCUT2D eigenvalue weighted by Crippen LogP contribution is 2.20. The number of hydrogen-bond donors (Lipinski definition) is 1. The zero-order chi connectivity index (χ0) is 15.1. The van der Waals surface area contributed by atoms with E-state index in [0.717, 1.165) is 24.1 Å². The zero-order valence-electron chi connectivity index (χ0n) is 12.5. The third-order valence-corrected chi connectivity index (χ3v) is 2.99. The van der Waals surface area contributed by atoms with Gasteiger partial charge in [-0.15, -0.1) is 0 Å². The number of aromatic nitrogens is 2. The molecule has 2 aromatic rings. The summed E-state index contributed by atoms with van der Waals surface area (Å²) in [6.07, 6.45) is 5.46. The van der Waals surface area contributed by atoms with Crippen LogP contribution in [-0.4, -0.2) is 16.7 Å². The van der Waals surface area contributed by atoms with E-state index in [4.69, 9.17) is 15.0 Å². The minimum absolute atomic E-state index is 0.0988. The summed E-state index contributed by atoms with van der Waals surface area (Å²) in [5.41, 5.74) is 7.45. The second kappa shape index (κ2) is 7.59. The zero-order valence-corrected chi connectivity index (χ0v) is 12.5. The largest absolute Gasteiger partial charge is 0.399 e. The van der Waals surface area contributed by atoms with Crippen LogP contribution in [0.4, 0.5) is 5.69 Å². The van der Waals surface area contributed by atoms with Crippen molar-refractivity contribution >= 4 is 17.8 Å². The Morgan fingerprint density at radius 1 is 1.33 bits per heavy atom. The molecule has 0 spiro atoms. The van der Waals surface area contributed by atoms with Crippen LogP contribution in [0.3, 0.4) is 0 Å². The van der Waals surface area contributed by atoms with Crippen molar-refractivity contribution in [2.75, 3.05) is 12.3 Å². The second-order valence-corrected chi connectivity index (χ2v) is 4.73. The number of hydrogen-bond acceptors (Lipinski definition) is 5. The van der Waals surface area contributed by atoms with Gasteiger partial charge in [-0.25, -0.2) is 0 Å². The average Bonchev–Trinajstić information content (AvgIpc) is 2.94. The first kappa shape index (κ1) is 15.3. The molecule has 0 fully saturated rings. The van der Waals surface area contributed by atoms with Gasteiger partial charge in [0.15, 0.2) is 0 Å². The van der Waals surface area contributed by atoms with Crippen molar-refractivity contribution in [2.45, 2.75) is 32.8 Å². The van der Waals surface area contributed by atoms with E-state index in [0.29, 0.717) is 18.3 Å². The van der Waals surface area contributed by atoms with Gasteiger partial charge >= 0.3 is 0 Å². The first-order valence-corrected chi connectivity index (χ1v) is 7.21. The summed E-state index contributed by atoms with van der Waals surface area (Å²) in [5.74, 6) is 1.07. The first-order valence-electron chi connectivity index (χ1n) is 7.21. The molecule has 1 aromatic carbocycles. The lowest BCUT2D eigenvalue weighted by molar-refractivity contribution is 0.0478. The molecule has 0 aliphatic carbocycles. The van der Waals surface area contributed by atoms with Crippen molar-refractivity contribution in [1.82, 2.24) is 10.1 Å². The molecule has 5 heteroatoms. The number of benzene rings is 1. The van der Waals surface area contributed by atoms with Crippen LogP contribution in [0.15, 0.2) is 28.8 Å². The van der Waals surface area contributed by atoms with E-state index in [1.165, 1.54) is 0 Å². The topological polar surface area (TPSA) is 74.2 Å². The van der Waals surface area contributed by atoms with Gasteiger partial charge in [-0.05, 0) is 37.1 Å². The Labute approximate surface area is 124 Å². The Bertz CT molecular complexity index is 587. The molecule has 0 aliphatic heterocycles. The molecule has 0 bridgehead atoms. The van der Waals surface area contributed by atoms with Crippen LogP contribution in [0.5, 0.6) is 0 Å². The Morgan fingerprint density at radius 2 is 2.19 bits per heavy atom. The predicted molar refractivity (Wildman–Crippen MR) is 83.4 cm³/mol. The lowest BCUT2D eigenvalue weighted by Gasteiger charge is -2.10. The molecule has 0 aliphatic rings. The highest BCUT2D eigenvalue weighted by Gasteiger charge is 2.16. The molecule has 1 heterocycles. The van der Waals surface area contributed by atoms with Gasteiger partial charge in [0.25, 0.3) is 5.89 Å². The van der Waals surface area contributed by atoms with Crippen LogP contribution in [0.1, 0.15) is 50.1 Å². The van der Waals surface area contributed by atoms with Gasteiger partial charge < -0.3 is 15.0 Å². The summed E-state index contributed by atoms with van der Waals surface area (Å²) >= 11 is 0. The van der Waals surface area contributed by atoms with Crippen LogP contribution in [0.25, 0.3) is 12.2 Å². The lowest BCUT2D eigenvalue weighted by atomic mass is 10.2. The quantitative estimate of drug-likeness (QED) is 0.786. The van der Waals surface area contributed by atoms with Crippen molar-refractivity contribution in [3.8, 4) is 0 Å². The van der Waals surface area contributed by atoms with E-state index < -0.39 is 0 Å². The Morgan fingerprint density at radius 3 is 2.90 bits per heavy atom. The molecule has 112 valence electrons. The number of anilines is 1. The number of rotatable bonds is 7. The minimum atomic E-state index is -0.0988. The van der Waals surface area contributed by atoms with Crippen LogP contribution >= 0.6 is 0 Å². The maximum atomic E-state index is 5.74. The van der Waals surface area contributed by atoms with Gasteiger partial charge in [0.2, 0.25) is 5.82 Å². The molecular formula is C16H21N3O2. The monoisotopic (exact) mass is 287 g/mol. The number of nitrogens with two attached hydrogens (primary N) is 1. The van der Waals surface area contributed by atoms with Gasteiger partial charge in [0, 0.05) is 18.4 Å². The number of ether oxygens (including phenoxy) is 1. The van der Waals surface area contributed by atoms with Crippen molar-refractivity contribution in [3.05, 3.63) is 41.5 Å². The fourth-order valence-corrected chi connectivity index (χ4v) is 2.03. The fraction of sp³-hybridized carbons (Fsp3) is 0.375. The van der Waals surface area contributed by atoms with E-state index in [1.807, 2.05) is 37.3 Å².